The van der Waals surface area contributed by atoms with Gasteiger partial charge in [-0.3, -0.25) is 19.4 Å². The monoisotopic (exact) mass is 816 g/mol. The van der Waals surface area contributed by atoms with E-state index in [1.165, 1.54) is 16.8 Å². The summed E-state index contributed by atoms with van der Waals surface area (Å²) in [6.07, 6.45) is 6.62. The van der Waals surface area contributed by atoms with Crippen molar-refractivity contribution in [3.05, 3.63) is 131 Å². The lowest BCUT2D eigenvalue weighted by Crippen LogP contribution is -2.43. The van der Waals surface area contributed by atoms with Crippen LogP contribution in [-0.2, 0) is 22.4 Å². The average Bonchev–Trinajstić information content (AvgIpc) is 4.13. The van der Waals surface area contributed by atoms with Gasteiger partial charge in [0.2, 0.25) is 11.8 Å². The Morgan fingerprint density at radius 2 is 1.18 bits per heavy atom. The number of nitrogens with one attached hydrogen (secondary N) is 2. The molecule has 0 spiro atoms. The molecule has 2 amide bonds. The molecule has 4 aromatic carbocycles. The van der Waals surface area contributed by atoms with E-state index in [4.69, 9.17) is 9.97 Å². The summed E-state index contributed by atoms with van der Waals surface area (Å²) in [5.41, 5.74) is 10.9. The lowest BCUT2D eigenvalue weighted by atomic mass is 9.96. The van der Waals surface area contributed by atoms with Gasteiger partial charge < -0.3 is 19.8 Å². The molecule has 10 heteroatoms. The van der Waals surface area contributed by atoms with Crippen molar-refractivity contribution in [3.63, 3.8) is 0 Å². The molecule has 4 heterocycles. The third-order valence-corrected chi connectivity index (χ3v) is 13.6. The number of H-pyrrole nitrogens is 2. The number of likely N-dealkylation sites (N-methyl/N-ethyl adjacent to an activating group) is 2. The fourth-order valence-electron chi connectivity index (χ4n) is 10.4. The number of rotatable bonds is 13. The van der Waals surface area contributed by atoms with Crippen LogP contribution in [0.3, 0.4) is 0 Å². The van der Waals surface area contributed by atoms with Crippen LogP contribution in [0.4, 0.5) is 0 Å². The van der Waals surface area contributed by atoms with E-state index in [2.05, 4.69) is 118 Å². The maximum Gasteiger partial charge on any atom is 0.245 e. The second kappa shape index (κ2) is 17.8. The molecule has 0 saturated carbocycles. The first-order valence-corrected chi connectivity index (χ1v) is 22.8. The molecule has 1 unspecified atom stereocenters. The number of fused-ring (bicyclic) bond motifs is 4. The number of aromatic amines is 2. The van der Waals surface area contributed by atoms with Crippen LogP contribution < -0.4 is 0 Å². The van der Waals surface area contributed by atoms with Crippen molar-refractivity contribution < 1.29 is 9.59 Å². The molecule has 6 aromatic rings. The van der Waals surface area contributed by atoms with Crippen molar-refractivity contribution in [1.82, 2.24) is 39.5 Å². The van der Waals surface area contributed by atoms with Crippen molar-refractivity contribution in [2.75, 3.05) is 39.3 Å². The van der Waals surface area contributed by atoms with E-state index in [1.807, 2.05) is 36.4 Å². The predicted molar refractivity (Wildman–Crippen MR) is 243 cm³/mol. The molecule has 0 bridgehead atoms. The van der Waals surface area contributed by atoms with Crippen LogP contribution in [-0.4, -0.2) is 90.6 Å². The summed E-state index contributed by atoms with van der Waals surface area (Å²) in [5.74, 6) is 2.08. The van der Waals surface area contributed by atoms with Gasteiger partial charge in [-0.1, -0.05) is 113 Å². The van der Waals surface area contributed by atoms with Gasteiger partial charge in [-0.25, -0.2) is 9.97 Å². The Morgan fingerprint density at radius 1 is 0.639 bits per heavy atom. The molecule has 2 fully saturated rings. The zero-order chi connectivity index (χ0) is 42.0. The number of aromatic nitrogens is 4. The third kappa shape index (κ3) is 7.80. The largest absolute Gasteiger partial charge is 0.344 e. The SMILES string of the molecule is CCN(CC)C(C(=O)N1CCC[C@H]1c1nc2c([nH]1)CCCc1cc(-c3ccc4nc([C@@H]5CCCN5C(=O)[C@@H](c5ccccc5)N(CC)CC)[nH]c4c3)ccc1-2)c1ccccc1. The lowest BCUT2D eigenvalue weighted by Gasteiger charge is -2.34. The van der Waals surface area contributed by atoms with Gasteiger partial charge in [0.05, 0.1) is 28.8 Å². The van der Waals surface area contributed by atoms with Gasteiger partial charge >= 0.3 is 0 Å². The summed E-state index contributed by atoms with van der Waals surface area (Å²) in [7, 11) is 0. The molecule has 61 heavy (non-hydrogen) atoms. The van der Waals surface area contributed by atoms with E-state index in [1.54, 1.807) is 0 Å². The molecule has 0 radical (unpaired) electrons. The van der Waals surface area contributed by atoms with Gasteiger partial charge in [-0.05, 0) is 111 Å². The van der Waals surface area contributed by atoms with E-state index >= 15 is 0 Å². The predicted octanol–water partition coefficient (Wildman–Crippen LogP) is 9.60. The van der Waals surface area contributed by atoms with Crippen molar-refractivity contribution >= 4 is 22.8 Å². The minimum Gasteiger partial charge on any atom is -0.344 e. The minimum absolute atomic E-state index is 0.0722. The molecule has 10 nitrogen and oxygen atoms in total. The van der Waals surface area contributed by atoms with Gasteiger partial charge in [-0.2, -0.15) is 0 Å². The Hall–Kier alpha value is -5.58. The summed E-state index contributed by atoms with van der Waals surface area (Å²) < 4.78 is 0. The summed E-state index contributed by atoms with van der Waals surface area (Å²) in [6, 6.07) is 32.9. The van der Waals surface area contributed by atoms with E-state index in [0.29, 0.717) is 0 Å². The second-order valence-electron chi connectivity index (χ2n) is 17.0. The molecular formula is C51H60N8O2. The summed E-state index contributed by atoms with van der Waals surface area (Å²) in [5, 5.41) is 0. The van der Waals surface area contributed by atoms with E-state index in [0.717, 1.165) is 135 Å². The topological polar surface area (TPSA) is 104 Å². The standard InChI is InChI=1S/C51H60N8O2/c1-5-56(6-2)46(34-18-11-9-12-19-34)50(60)58-30-16-24-43(58)48-52-40-29-27-37(33-42(40)54-48)36-26-28-39-38(32-36)22-15-23-41-45(39)55-49(53-41)44-25-17-31-59(44)51(61)47(57(7-3)8-4)35-20-13-10-14-21-35/h9-14,18-21,26-29,32-33,43-44,46-47H,5-8,15-17,22-25,30-31H2,1-4H3,(H,52,54)(H,53,55)/t43-,44-,46+,47?/m0/s1. The molecule has 2 saturated heterocycles. The van der Waals surface area contributed by atoms with Crippen LogP contribution >= 0.6 is 0 Å². The molecule has 316 valence electrons. The number of nitrogens with zero attached hydrogens (tertiary/aromatic N) is 6. The Bertz CT molecular complexity index is 2470. The van der Waals surface area contributed by atoms with Gasteiger partial charge in [0, 0.05) is 24.3 Å². The highest BCUT2D eigenvalue weighted by molar-refractivity contribution is 5.86. The summed E-state index contributed by atoms with van der Waals surface area (Å²) in [6.45, 7) is 13.2. The minimum atomic E-state index is -0.318. The molecule has 4 atom stereocenters. The van der Waals surface area contributed by atoms with Crippen LogP contribution in [0.5, 0.6) is 0 Å². The third-order valence-electron chi connectivity index (χ3n) is 13.6. The fraction of sp³-hybridized carbons (Fsp3) is 0.412. The van der Waals surface area contributed by atoms with Gasteiger partial charge in [0.1, 0.15) is 23.7 Å². The van der Waals surface area contributed by atoms with E-state index in [9.17, 15) is 9.59 Å². The molecule has 1 aliphatic carbocycles. The number of amides is 2. The number of aryl methyl sites for hydroxylation is 2. The van der Waals surface area contributed by atoms with Crippen molar-refractivity contribution in [1.29, 1.82) is 0 Å². The van der Waals surface area contributed by atoms with Crippen molar-refractivity contribution in [2.24, 2.45) is 0 Å². The maximum atomic E-state index is 14.5. The first-order chi connectivity index (χ1) is 29.9. The van der Waals surface area contributed by atoms with Gasteiger partial charge in [-0.15, -0.1) is 0 Å². The Balaban J connectivity index is 0.962. The van der Waals surface area contributed by atoms with Crippen LogP contribution in [0.2, 0.25) is 0 Å². The number of imidazole rings is 2. The normalized spacial score (nSPS) is 18.7. The number of likely N-dealkylation sites (tertiary alicyclic amines) is 2. The van der Waals surface area contributed by atoms with E-state index < -0.39 is 0 Å². The van der Waals surface area contributed by atoms with Crippen LogP contribution in [0.1, 0.15) is 118 Å². The lowest BCUT2D eigenvalue weighted by molar-refractivity contribution is -0.139. The fourth-order valence-corrected chi connectivity index (χ4v) is 10.4. The quantitative estimate of drug-likeness (QED) is 0.120. The number of carbonyl (C=O) groups is 2. The average molecular weight is 817 g/mol. The first-order valence-electron chi connectivity index (χ1n) is 22.8. The Labute approximate surface area is 360 Å². The zero-order valence-electron chi connectivity index (χ0n) is 36.2. The number of benzene rings is 4. The number of hydrogen-bond donors (Lipinski definition) is 2. The molecular weight excluding hydrogens is 757 g/mol. The van der Waals surface area contributed by atoms with Crippen LogP contribution in [0.15, 0.2) is 97.1 Å². The molecule has 9 rings (SSSR count). The highest BCUT2D eigenvalue weighted by Crippen LogP contribution is 2.40. The second-order valence-corrected chi connectivity index (χ2v) is 17.0. The molecule has 2 aromatic heterocycles. The summed E-state index contributed by atoms with van der Waals surface area (Å²) in [4.78, 5) is 55.4. The van der Waals surface area contributed by atoms with Gasteiger partial charge in [0.15, 0.2) is 0 Å². The number of hydrogen-bond acceptors (Lipinski definition) is 6. The first kappa shape index (κ1) is 40.8. The Morgan fingerprint density at radius 3 is 1.75 bits per heavy atom. The summed E-state index contributed by atoms with van der Waals surface area (Å²) >= 11 is 0. The smallest absolute Gasteiger partial charge is 0.245 e. The van der Waals surface area contributed by atoms with Crippen molar-refractivity contribution in [3.8, 4) is 22.4 Å². The molecule has 3 aliphatic rings. The maximum absolute atomic E-state index is 14.5. The van der Waals surface area contributed by atoms with Crippen LogP contribution in [0, 0.1) is 0 Å². The molecule has 2 aliphatic heterocycles. The van der Waals surface area contributed by atoms with E-state index in [-0.39, 0.29) is 36.0 Å². The highest BCUT2D eigenvalue weighted by Gasteiger charge is 2.40. The van der Waals surface area contributed by atoms with Crippen LogP contribution in [0.25, 0.3) is 33.4 Å². The Kier molecular flexibility index (Phi) is 11.9. The highest BCUT2D eigenvalue weighted by atomic mass is 16.2. The van der Waals surface area contributed by atoms with Gasteiger partial charge in [0.25, 0.3) is 0 Å². The molecule has 2 N–H and O–H groups in total. The number of carbonyl (C=O) groups excluding carboxylic acids is 2. The zero-order valence-corrected chi connectivity index (χ0v) is 36.2. The van der Waals surface area contributed by atoms with Crippen molar-refractivity contribution in [2.45, 2.75) is 96.8 Å².